The molecular formula is C24H28ClN3O3S. The number of fused-ring (bicyclic) bond motifs is 1. The molecule has 5 rings (SSSR count). The molecule has 0 spiro atoms. The van der Waals surface area contributed by atoms with Crippen molar-refractivity contribution in [1.29, 1.82) is 0 Å². The van der Waals surface area contributed by atoms with Crippen molar-refractivity contribution in [3.63, 3.8) is 0 Å². The van der Waals surface area contributed by atoms with Crippen LogP contribution in [0, 0.1) is 5.92 Å². The van der Waals surface area contributed by atoms with E-state index >= 15 is 0 Å². The predicted molar refractivity (Wildman–Crippen MR) is 127 cm³/mol. The number of piperazine rings is 1. The molecule has 0 aromatic heterocycles. The van der Waals surface area contributed by atoms with Crippen molar-refractivity contribution in [3.8, 4) is 0 Å². The van der Waals surface area contributed by atoms with Crippen LogP contribution in [0.1, 0.15) is 31.7 Å². The molecule has 32 heavy (non-hydrogen) atoms. The first-order valence-corrected chi connectivity index (χ1v) is 13.1. The van der Waals surface area contributed by atoms with Crippen LogP contribution in [0.15, 0.2) is 47.4 Å². The van der Waals surface area contributed by atoms with Crippen LogP contribution in [0.2, 0.25) is 5.02 Å². The number of rotatable bonds is 4. The highest BCUT2D eigenvalue weighted by atomic mass is 35.5. The van der Waals surface area contributed by atoms with Crippen LogP contribution in [0.25, 0.3) is 0 Å². The molecule has 2 fully saturated rings. The molecule has 2 aromatic carbocycles. The Hall–Kier alpha value is -2.09. The summed E-state index contributed by atoms with van der Waals surface area (Å²) in [7, 11) is -3.59. The van der Waals surface area contributed by atoms with Gasteiger partial charge in [0, 0.05) is 54.5 Å². The Balaban J connectivity index is 1.32. The molecule has 8 heteroatoms. The molecule has 1 unspecified atom stereocenters. The van der Waals surface area contributed by atoms with Crippen LogP contribution in [0.4, 0.5) is 11.4 Å². The Morgan fingerprint density at radius 1 is 1.03 bits per heavy atom. The smallest absolute Gasteiger partial charge is 0.243 e. The first kappa shape index (κ1) is 21.7. The van der Waals surface area contributed by atoms with Crippen molar-refractivity contribution in [2.75, 3.05) is 36.0 Å². The van der Waals surface area contributed by atoms with Gasteiger partial charge in [-0.05, 0) is 68.1 Å². The fraction of sp³-hybridized carbons (Fsp3) is 0.458. The summed E-state index contributed by atoms with van der Waals surface area (Å²) < 4.78 is 28.3. The Labute approximate surface area is 194 Å². The van der Waals surface area contributed by atoms with Gasteiger partial charge in [0.15, 0.2) is 0 Å². The number of benzene rings is 2. The summed E-state index contributed by atoms with van der Waals surface area (Å²) in [6, 6.07) is 13.0. The van der Waals surface area contributed by atoms with Crippen molar-refractivity contribution < 1.29 is 13.2 Å². The standard InChI is InChI=1S/C24H28ClN3O3S/c1-17-14-19-15-22(8-9-23(19)28(17)24(29)18-4-2-5-18)32(30,31)27-12-10-26(11-13-27)21-7-3-6-20(25)16-21/h3,6-9,15-18H,2,4-5,10-14H2,1H3. The van der Waals surface area contributed by atoms with Crippen LogP contribution in [-0.2, 0) is 21.2 Å². The third-order valence-electron chi connectivity index (χ3n) is 7.01. The number of amides is 1. The maximum absolute atomic E-state index is 13.4. The third-order valence-corrected chi connectivity index (χ3v) is 9.14. The second-order valence-electron chi connectivity index (χ2n) is 9.05. The second-order valence-corrected chi connectivity index (χ2v) is 11.4. The van der Waals surface area contributed by atoms with E-state index in [1.165, 1.54) is 0 Å². The summed E-state index contributed by atoms with van der Waals surface area (Å²) in [6.07, 6.45) is 3.74. The summed E-state index contributed by atoms with van der Waals surface area (Å²) in [6.45, 7) is 4.12. The number of halogens is 1. The van der Waals surface area contributed by atoms with E-state index in [0.29, 0.717) is 42.5 Å². The predicted octanol–water partition coefficient (Wildman–Crippen LogP) is 3.93. The van der Waals surface area contributed by atoms with E-state index in [0.717, 1.165) is 36.2 Å². The van der Waals surface area contributed by atoms with E-state index < -0.39 is 10.0 Å². The molecule has 2 heterocycles. The second kappa shape index (κ2) is 8.36. The first-order chi connectivity index (χ1) is 15.3. The summed E-state index contributed by atoms with van der Waals surface area (Å²) in [5, 5.41) is 0.676. The van der Waals surface area contributed by atoms with Crippen LogP contribution in [0.3, 0.4) is 0 Å². The van der Waals surface area contributed by atoms with Crippen molar-refractivity contribution in [2.24, 2.45) is 5.92 Å². The molecule has 1 atom stereocenters. The van der Waals surface area contributed by atoms with Gasteiger partial charge in [-0.1, -0.05) is 24.1 Å². The highest BCUT2D eigenvalue weighted by Gasteiger charge is 2.38. The molecule has 3 aliphatic rings. The van der Waals surface area contributed by atoms with E-state index in [1.54, 1.807) is 16.4 Å². The molecule has 1 amide bonds. The van der Waals surface area contributed by atoms with Gasteiger partial charge in [0.25, 0.3) is 0 Å². The SMILES string of the molecule is CC1Cc2cc(S(=O)(=O)N3CCN(c4cccc(Cl)c4)CC3)ccc2N1C(=O)C1CCC1. The lowest BCUT2D eigenvalue weighted by Crippen LogP contribution is -2.48. The fourth-order valence-electron chi connectivity index (χ4n) is 4.96. The van der Waals surface area contributed by atoms with Crippen LogP contribution < -0.4 is 9.80 Å². The van der Waals surface area contributed by atoms with Gasteiger partial charge in [-0.3, -0.25) is 4.79 Å². The highest BCUT2D eigenvalue weighted by molar-refractivity contribution is 7.89. The average molecular weight is 474 g/mol. The van der Waals surface area contributed by atoms with E-state index in [-0.39, 0.29) is 17.9 Å². The van der Waals surface area contributed by atoms with E-state index in [9.17, 15) is 13.2 Å². The molecule has 1 saturated carbocycles. The van der Waals surface area contributed by atoms with Crippen molar-refractivity contribution in [1.82, 2.24) is 4.31 Å². The fourth-order valence-corrected chi connectivity index (χ4v) is 6.62. The number of carbonyl (C=O) groups excluding carboxylic acids is 1. The number of sulfonamides is 1. The lowest BCUT2D eigenvalue weighted by molar-refractivity contribution is -0.125. The van der Waals surface area contributed by atoms with E-state index in [4.69, 9.17) is 11.6 Å². The van der Waals surface area contributed by atoms with E-state index in [2.05, 4.69) is 4.90 Å². The molecule has 0 N–H and O–H groups in total. The van der Waals surface area contributed by atoms with Crippen molar-refractivity contribution >= 4 is 38.9 Å². The molecule has 170 valence electrons. The Morgan fingerprint density at radius 2 is 1.78 bits per heavy atom. The number of hydrogen-bond donors (Lipinski definition) is 0. The highest BCUT2D eigenvalue weighted by Crippen LogP contribution is 2.38. The molecule has 1 aliphatic carbocycles. The minimum atomic E-state index is -3.59. The largest absolute Gasteiger partial charge is 0.369 e. The van der Waals surface area contributed by atoms with Gasteiger partial charge in [0.2, 0.25) is 15.9 Å². The van der Waals surface area contributed by atoms with Gasteiger partial charge >= 0.3 is 0 Å². The van der Waals surface area contributed by atoms with Crippen LogP contribution >= 0.6 is 11.6 Å². The number of carbonyl (C=O) groups is 1. The van der Waals surface area contributed by atoms with Gasteiger partial charge in [0.05, 0.1) is 4.90 Å². The lowest BCUT2D eigenvalue weighted by atomic mass is 9.84. The molecule has 2 aliphatic heterocycles. The van der Waals surface area contributed by atoms with Gasteiger partial charge in [-0.15, -0.1) is 0 Å². The van der Waals surface area contributed by atoms with Crippen LogP contribution in [0.5, 0.6) is 0 Å². The molecule has 0 bridgehead atoms. The molecule has 2 aromatic rings. The normalized spacial score (nSPS) is 22.0. The lowest BCUT2D eigenvalue weighted by Gasteiger charge is -2.35. The summed E-state index contributed by atoms with van der Waals surface area (Å²) in [5.41, 5.74) is 2.83. The quantitative estimate of drug-likeness (QED) is 0.675. The zero-order chi connectivity index (χ0) is 22.5. The Morgan fingerprint density at radius 3 is 2.44 bits per heavy atom. The number of anilines is 2. The van der Waals surface area contributed by atoms with Crippen molar-refractivity contribution in [2.45, 2.75) is 43.5 Å². The van der Waals surface area contributed by atoms with Gasteiger partial charge in [0.1, 0.15) is 0 Å². The Bertz CT molecular complexity index is 1140. The summed E-state index contributed by atoms with van der Waals surface area (Å²) >= 11 is 6.10. The minimum Gasteiger partial charge on any atom is -0.369 e. The zero-order valence-corrected chi connectivity index (χ0v) is 19.8. The number of nitrogens with zero attached hydrogens (tertiary/aromatic N) is 3. The third kappa shape index (κ3) is 3.80. The molecular weight excluding hydrogens is 446 g/mol. The van der Waals surface area contributed by atoms with Gasteiger partial charge in [-0.25, -0.2) is 8.42 Å². The van der Waals surface area contributed by atoms with Crippen LogP contribution in [-0.4, -0.2) is 50.9 Å². The maximum Gasteiger partial charge on any atom is 0.243 e. The minimum absolute atomic E-state index is 0.0669. The maximum atomic E-state index is 13.4. The monoisotopic (exact) mass is 473 g/mol. The first-order valence-electron chi connectivity index (χ1n) is 11.3. The molecule has 1 saturated heterocycles. The van der Waals surface area contributed by atoms with Gasteiger partial charge in [-0.2, -0.15) is 4.31 Å². The van der Waals surface area contributed by atoms with E-state index in [1.807, 2.05) is 42.2 Å². The van der Waals surface area contributed by atoms with Gasteiger partial charge < -0.3 is 9.80 Å². The van der Waals surface area contributed by atoms with Crippen molar-refractivity contribution in [3.05, 3.63) is 53.1 Å². The Kier molecular flexibility index (Phi) is 5.68. The summed E-state index contributed by atoms with van der Waals surface area (Å²) in [4.78, 5) is 17.2. The summed E-state index contributed by atoms with van der Waals surface area (Å²) in [5.74, 6) is 0.317. The topological polar surface area (TPSA) is 60.9 Å². The number of hydrogen-bond acceptors (Lipinski definition) is 4. The average Bonchev–Trinajstić information content (AvgIpc) is 3.07. The molecule has 0 radical (unpaired) electrons. The molecule has 6 nitrogen and oxygen atoms in total. The zero-order valence-electron chi connectivity index (χ0n) is 18.2.